The second kappa shape index (κ2) is 4.29. The molecular formula is C12H18N2O2. The maximum Gasteiger partial charge on any atom is 0.224 e. The lowest BCUT2D eigenvalue weighted by Gasteiger charge is -2.24. The maximum atomic E-state index is 11.8. The highest BCUT2D eigenvalue weighted by Crippen LogP contribution is 2.32. The molecule has 1 aromatic heterocycles. The molecule has 0 bridgehead atoms. The largest absolute Gasteiger partial charge is 0.464 e. The SMILES string of the molecule is CCCN1C(=O)C[C@H](N)[C@H]1c1ccc(C)o1. The number of rotatable bonds is 3. The smallest absolute Gasteiger partial charge is 0.224 e. The summed E-state index contributed by atoms with van der Waals surface area (Å²) >= 11 is 0. The van der Waals surface area contributed by atoms with Crippen molar-refractivity contribution in [1.29, 1.82) is 0 Å². The highest BCUT2D eigenvalue weighted by molar-refractivity contribution is 5.80. The lowest BCUT2D eigenvalue weighted by molar-refractivity contribution is -0.129. The number of carbonyl (C=O) groups is 1. The van der Waals surface area contributed by atoms with Crippen LogP contribution in [0.15, 0.2) is 16.5 Å². The summed E-state index contributed by atoms with van der Waals surface area (Å²) < 4.78 is 5.59. The van der Waals surface area contributed by atoms with E-state index in [2.05, 4.69) is 6.92 Å². The van der Waals surface area contributed by atoms with Crippen LogP contribution in [0.4, 0.5) is 0 Å². The Balaban J connectivity index is 2.26. The van der Waals surface area contributed by atoms with Gasteiger partial charge in [0, 0.05) is 19.0 Å². The number of likely N-dealkylation sites (tertiary alicyclic amines) is 1. The molecule has 0 spiro atoms. The molecule has 2 heterocycles. The van der Waals surface area contributed by atoms with Crippen LogP contribution in [-0.2, 0) is 4.79 Å². The van der Waals surface area contributed by atoms with Gasteiger partial charge in [-0.15, -0.1) is 0 Å². The van der Waals surface area contributed by atoms with Crippen LogP contribution < -0.4 is 5.73 Å². The van der Waals surface area contributed by atoms with Crippen molar-refractivity contribution < 1.29 is 9.21 Å². The van der Waals surface area contributed by atoms with Crippen LogP contribution in [0.1, 0.15) is 37.3 Å². The van der Waals surface area contributed by atoms with Gasteiger partial charge in [0.15, 0.2) is 0 Å². The van der Waals surface area contributed by atoms with Crippen molar-refractivity contribution in [2.45, 2.75) is 38.8 Å². The number of aryl methyl sites for hydroxylation is 1. The number of hydrogen-bond donors (Lipinski definition) is 1. The number of nitrogens with zero attached hydrogens (tertiary/aromatic N) is 1. The summed E-state index contributed by atoms with van der Waals surface area (Å²) in [6.07, 6.45) is 1.36. The Labute approximate surface area is 95.4 Å². The van der Waals surface area contributed by atoms with Crippen LogP contribution in [0.5, 0.6) is 0 Å². The van der Waals surface area contributed by atoms with Crippen molar-refractivity contribution in [2.75, 3.05) is 6.54 Å². The van der Waals surface area contributed by atoms with E-state index in [-0.39, 0.29) is 18.0 Å². The van der Waals surface area contributed by atoms with Gasteiger partial charge in [-0.05, 0) is 25.5 Å². The maximum absolute atomic E-state index is 11.8. The summed E-state index contributed by atoms with van der Waals surface area (Å²) in [5.74, 6) is 1.80. The van der Waals surface area contributed by atoms with E-state index in [1.54, 1.807) is 0 Å². The molecule has 0 radical (unpaired) electrons. The normalized spacial score (nSPS) is 25.4. The first-order valence-electron chi connectivity index (χ1n) is 5.75. The molecule has 0 aliphatic carbocycles. The highest BCUT2D eigenvalue weighted by Gasteiger charge is 2.39. The first-order valence-corrected chi connectivity index (χ1v) is 5.75. The minimum Gasteiger partial charge on any atom is -0.464 e. The fourth-order valence-corrected chi connectivity index (χ4v) is 2.30. The number of nitrogens with two attached hydrogens (primary N) is 1. The van der Waals surface area contributed by atoms with E-state index in [0.717, 1.165) is 24.5 Å². The third kappa shape index (κ3) is 1.85. The zero-order chi connectivity index (χ0) is 11.7. The van der Waals surface area contributed by atoms with Crippen LogP contribution >= 0.6 is 0 Å². The van der Waals surface area contributed by atoms with Gasteiger partial charge >= 0.3 is 0 Å². The van der Waals surface area contributed by atoms with E-state index in [4.69, 9.17) is 10.2 Å². The van der Waals surface area contributed by atoms with Crippen molar-refractivity contribution in [1.82, 2.24) is 4.90 Å². The van der Waals surface area contributed by atoms with Gasteiger partial charge in [-0.3, -0.25) is 4.79 Å². The third-order valence-electron chi connectivity index (χ3n) is 2.99. The van der Waals surface area contributed by atoms with E-state index in [1.165, 1.54) is 0 Å². The average Bonchev–Trinajstić information content (AvgIpc) is 2.73. The van der Waals surface area contributed by atoms with Crippen LogP contribution in [0.3, 0.4) is 0 Å². The molecule has 2 atom stereocenters. The van der Waals surface area contributed by atoms with E-state index >= 15 is 0 Å². The molecule has 1 aliphatic rings. The minimum absolute atomic E-state index is 0.0823. The van der Waals surface area contributed by atoms with E-state index in [9.17, 15) is 4.79 Å². The monoisotopic (exact) mass is 222 g/mol. The molecular weight excluding hydrogens is 204 g/mol. The average molecular weight is 222 g/mol. The Bertz CT molecular complexity index is 386. The summed E-state index contributed by atoms with van der Waals surface area (Å²) in [6.45, 7) is 4.70. The van der Waals surface area contributed by atoms with Crippen molar-refractivity contribution in [3.8, 4) is 0 Å². The topological polar surface area (TPSA) is 59.5 Å². The van der Waals surface area contributed by atoms with Gasteiger partial charge in [0.05, 0.1) is 0 Å². The molecule has 1 saturated heterocycles. The molecule has 88 valence electrons. The second-order valence-corrected chi connectivity index (χ2v) is 4.35. The lowest BCUT2D eigenvalue weighted by atomic mass is 10.1. The van der Waals surface area contributed by atoms with Gasteiger partial charge in [-0.1, -0.05) is 6.92 Å². The zero-order valence-corrected chi connectivity index (χ0v) is 9.77. The van der Waals surface area contributed by atoms with Crippen LogP contribution in [0, 0.1) is 6.92 Å². The molecule has 1 amide bonds. The van der Waals surface area contributed by atoms with E-state index < -0.39 is 0 Å². The van der Waals surface area contributed by atoms with E-state index in [0.29, 0.717) is 6.42 Å². The van der Waals surface area contributed by atoms with Gasteiger partial charge in [0.25, 0.3) is 0 Å². The van der Waals surface area contributed by atoms with Crippen LogP contribution in [0.2, 0.25) is 0 Å². The first kappa shape index (κ1) is 11.2. The molecule has 1 aromatic rings. The number of hydrogen-bond acceptors (Lipinski definition) is 3. The molecule has 0 saturated carbocycles. The first-order chi connectivity index (χ1) is 7.63. The van der Waals surface area contributed by atoms with Crippen molar-refractivity contribution in [2.24, 2.45) is 5.73 Å². The zero-order valence-electron chi connectivity index (χ0n) is 9.77. The standard InChI is InChI=1S/C12H18N2O2/c1-3-6-14-11(15)7-9(13)12(14)10-5-4-8(2)16-10/h4-5,9,12H,3,6-7,13H2,1-2H3/t9-,12-/m0/s1. The third-order valence-corrected chi connectivity index (χ3v) is 2.99. The predicted octanol–water partition coefficient (Wildman–Crippen LogP) is 1.60. The number of carbonyl (C=O) groups excluding carboxylic acids is 1. The molecule has 16 heavy (non-hydrogen) atoms. The molecule has 4 heteroatoms. The Kier molecular flexibility index (Phi) is 3.01. The predicted molar refractivity (Wildman–Crippen MR) is 60.8 cm³/mol. The summed E-state index contributed by atoms with van der Waals surface area (Å²) in [4.78, 5) is 13.6. The molecule has 1 aliphatic heterocycles. The Morgan fingerprint density at radius 2 is 2.31 bits per heavy atom. The molecule has 2 N–H and O–H groups in total. The molecule has 1 fully saturated rings. The molecule has 4 nitrogen and oxygen atoms in total. The van der Waals surface area contributed by atoms with Crippen molar-refractivity contribution in [3.05, 3.63) is 23.7 Å². The molecule has 0 unspecified atom stereocenters. The van der Waals surface area contributed by atoms with Crippen molar-refractivity contribution >= 4 is 5.91 Å². The Morgan fingerprint density at radius 1 is 1.56 bits per heavy atom. The Morgan fingerprint density at radius 3 is 2.88 bits per heavy atom. The highest BCUT2D eigenvalue weighted by atomic mass is 16.3. The van der Waals surface area contributed by atoms with Gasteiger partial charge in [0.2, 0.25) is 5.91 Å². The van der Waals surface area contributed by atoms with Gasteiger partial charge in [-0.25, -0.2) is 0 Å². The number of amides is 1. The van der Waals surface area contributed by atoms with Crippen LogP contribution in [-0.4, -0.2) is 23.4 Å². The lowest BCUT2D eigenvalue weighted by Crippen LogP contribution is -2.33. The number of furan rings is 1. The minimum atomic E-state index is -0.149. The van der Waals surface area contributed by atoms with Crippen LogP contribution in [0.25, 0.3) is 0 Å². The van der Waals surface area contributed by atoms with Gasteiger partial charge < -0.3 is 15.1 Å². The summed E-state index contributed by atoms with van der Waals surface area (Å²) in [6, 6.07) is 3.60. The molecule has 0 aromatic carbocycles. The second-order valence-electron chi connectivity index (χ2n) is 4.35. The van der Waals surface area contributed by atoms with Gasteiger partial charge in [-0.2, -0.15) is 0 Å². The summed E-state index contributed by atoms with van der Waals surface area (Å²) in [5, 5.41) is 0. The quantitative estimate of drug-likeness (QED) is 0.845. The fraction of sp³-hybridized carbons (Fsp3) is 0.583. The Hall–Kier alpha value is -1.29. The fourth-order valence-electron chi connectivity index (χ4n) is 2.30. The summed E-state index contributed by atoms with van der Waals surface area (Å²) in [7, 11) is 0. The van der Waals surface area contributed by atoms with Gasteiger partial charge in [0.1, 0.15) is 17.6 Å². The summed E-state index contributed by atoms with van der Waals surface area (Å²) in [5.41, 5.74) is 6.01. The molecule has 2 rings (SSSR count). The van der Waals surface area contributed by atoms with E-state index in [1.807, 2.05) is 24.0 Å². The van der Waals surface area contributed by atoms with Crippen molar-refractivity contribution in [3.63, 3.8) is 0 Å².